The Bertz CT molecular complexity index is 316. The standard InChI is InChI=1S/C7H6BrClN2O/c8-5-2-1-4(3-6(10)12)7(9)11-5/h1-2H,3H2,(H2,10,12). The van der Waals surface area contributed by atoms with Gasteiger partial charge < -0.3 is 5.73 Å². The molecule has 0 unspecified atom stereocenters. The lowest BCUT2D eigenvalue weighted by molar-refractivity contribution is -0.117. The molecule has 0 atom stereocenters. The molecule has 0 aliphatic carbocycles. The lowest BCUT2D eigenvalue weighted by Crippen LogP contribution is -2.14. The zero-order valence-electron chi connectivity index (χ0n) is 6.05. The first-order valence-corrected chi connectivity index (χ1v) is 4.36. The van der Waals surface area contributed by atoms with Gasteiger partial charge in [-0.3, -0.25) is 4.79 Å². The Kier molecular flexibility index (Phi) is 3.05. The largest absolute Gasteiger partial charge is 0.369 e. The van der Waals surface area contributed by atoms with Crippen molar-refractivity contribution in [3.63, 3.8) is 0 Å². The normalized spacial score (nSPS) is 9.83. The molecule has 0 aliphatic rings. The van der Waals surface area contributed by atoms with E-state index in [9.17, 15) is 4.79 Å². The minimum atomic E-state index is -0.416. The van der Waals surface area contributed by atoms with Crippen molar-refractivity contribution in [2.45, 2.75) is 6.42 Å². The van der Waals surface area contributed by atoms with Crippen LogP contribution in [0.1, 0.15) is 5.56 Å². The number of nitrogens with zero attached hydrogens (tertiary/aromatic N) is 1. The molecule has 2 N–H and O–H groups in total. The molecule has 12 heavy (non-hydrogen) atoms. The zero-order chi connectivity index (χ0) is 9.14. The van der Waals surface area contributed by atoms with E-state index in [1.807, 2.05) is 0 Å². The molecule has 1 amide bonds. The van der Waals surface area contributed by atoms with Gasteiger partial charge >= 0.3 is 0 Å². The lowest BCUT2D eigenvalue weighted by atomic mass is 10.2. The Morgan fingerprint density at radius 2 is 2.33 bits per heavy atom. The summed E-state index contributed by atoms with van der Waals surface area (Å²) in [7, 11) is 0. The highest BCUT2D eigenvalue weighted by Gasteiger charge is 2.04. The lowest BCUT2D eigenvalue weighted by Gasteiger charge is -1.99. The SMILES string of the molecule is NC(=O)Cc1ccc(Br)nc1Cl. The number of rotatable bonds is 2. The van der Waals surface area contributed by atoms with Gasteiger partial charge in [-0.05, 0) is 27.6 Å². The fourth-order valence-corrected chi connectivity index (χ4v) is 1.39. The molecule has 0 aromatic carbocycles. The summed E-state index contributed by atoms with van der Waals surface area (Å²) in [6, 6.07) is 3.42. The summed E-state index contributed by atoms with van der Waals surface area (Å²) in [6.45, 7) is 0. The van der Waals surface area contributed by atoms with Crippen LogP contribution in [0.15, 0.2) is 16.7 Å². The molecule has 0 bridgehead atoms. The van der Waals surface area contributed by atoms with E-state index in [0.717, 1.165) is 0 Å². The van der Waals surface area contributed by atoms with E-state index >= 15 is 0 Å². The number of amides is 1. The number of hydrogen-bond donors (Lipinski definition) is 1. The van der Waals surface area contributed by atoms with Gasteiger partial charge in [0.25, 0.3) is 0 Å². The van der Waals surface area contributed by atoms with Crippen molar-refractivity contribution in [1.29, 1.82) is 0 Å². The molecule has 0 spiro atoms. The summed E-state index contributed by atoms with van der Waals surface area (Å²) in [4.78, 5) is 14.4. The molecule has 1 heterocycles. The Morgan fingerprint density at radius 1 is 1.67 bits per heavy atom. The Labute approximate surface area is 83.1 Å². The van der Waals surface area contributed by atoms with Crippen LogP contribution in [0.4, 0.5) is 0 Å². The van der Waals surface area contributed by atoms with Crippen molar-refractivity contribution in [3.05, 3.63) is 27.5 Å². The Balaban J connectivity index is 2.93. The third kappa shape index (κ3) is 2.46. The van der Waals surface area contributed by atoms with Gasteiger partial charge in [0.15, 0.2) is 0 Å². The van der Waals surface area contributed by atoms with Crippen LogP contribution in [-0.4, -0.2) is 10.9 Å². The van der Waals surface area contributed by atoms with Crippen LogP contribution in [0.25, 0.3) is 0 Å². The van der Waals surface area contributed by atoms with Gasteiger partial charge in [-0.2, -0.15) is 0 Å². The first-order valence-electron chi connectivity index (χ1n) is 3.19. The number of hydrogen-bond acceptors (Lipinski definition) is 2. The number of carbonyl (C=O) groups excluding carboxylic acids is 1. The van der Waals surface area contributed by atoms with Crippen molar-refractivity contribution < 1.29 is 4.79 Å². The second-order valence-corrected chi connectivity index (χ2v) is 3.40. The van der Waals surface area contributed by atoms with Crippen LogP contribution in [-0.2, 0) is 11.2 Å². The summed E-state index contributed by atoms with van der Waals surface area (Å²) < 4.78 is 0.640. The quantitative estimate of drug-likeness (QED) is 0.808. The summed E-state index contributed by atoms with van der Waals surface area (Å²) in [5.74, 6) is -0.416. The third-order valence-corrected chi connectivity index (χ3v) is 2.03. The van der Waals surface area contributed by atoms with Crippen molar-refractivity contribution in [2.75, 3.05) is 0 Å². The van der Waals surface area contributed by atoms with Crippen LogP contribution < -0.4 is 5.73 Å². The molecule has 3 nitrogen and oxygen atoms in total. The Morgan fingerprint density at radius 3 is 2.83 bits per heavy atom. The molecule has 0 radical (unpaired) electrons. The third-order valence-electron chi connectivity index (χ3n) is 1.26. The summed E-state index contributed by atoms with van der Waals surface area (Å²) in [5.41, 5.74) is 5.64. The average molecular weight is 249 g/mol. The number of carbonyl (C=O) groups is 1. The molecular formula is C7H6BrClN2O. The highest BCUT2D eigenvalue weighted by molar-refractivity contribution is 9.10. The molecule has 1 aromatic rings. The molecule has 0 aliphatic heterocycles. The first kappa shape index (κ1) is 9.48. The maximum Gasteiger partial charge on any atom is 0.221 e. The van der Waals surface area contributed by atoms with E-state index in [-0.39, 0.29) is 6.42 Å². The van der Waals surface area contributed by atoms with E-state index in [1.165, 1.54) is 0 Å². The molecule has 0 saturated carbocycles. The minimum absolute atomic E-state index is 0.124. The van der Waals surface area contributed by atoms with Crippen molar-refractivity contribution in [3.8, 4) is 0 Å². The number of aromatic nitrogens is 1. The fourth-order valence-electron chi connectivity index (χ4n) is 0.761. The number of nitrogens with two attached hydrogens (primary N) is 1. The van der Waals surface area contributed by atoms with E-state index in [1.54, 1.807) is 12.1 Å². The van der Waals surface area contributed by atoms with Gasteiger partial charge in [0.2, 0.25) is 5.91 Å². The van der Waals surface area contributed by atoms with Gasteiger partial charge in [-0.15, -0.1) is 0 Å². The van der Waals surface area contributed by atoms with Crippen LogP contribution in [0.3, 0.4) is 0 Å². The average Bonchev–Trinajstić information content (AvgIpc) is 1.94. The van der Waals surface area contributed by atoms with Crippen LogP contribution >= 0.6 is 27.5 Å². The highest BCUT2D eigenvalue weighted by Crippen LogP contribution is 2.16. The number of halogens is 2. The molecule has 1 rings (SSSR count). The van der Waals surface area contributed by atoms with Gasteiger partial charge in [-0.1, -0.05) is 17.7 Å². The summed E-state index contributed by atoms with van der Waals surface area (Å²) in [6.07, 6.45) is 0.124. The maximum absolute atomic E-state index is 10.5. The predicted octanol–water partition coefficient (Wildman–Crippen LogP) is 1.53. The highest BCUT2D eigenvalue weighted by atomic mass is 79.9. The van der Waals surface area contributed by atoms with Crippen LogP contribution in [0, 0.1) is 0 Å². The van der Waals surface area contributed by atoms with Crippen LogP contribution in [0.5, 0.6) is 0 Å². The molecular weight excluding hydrogens is 243 g/mol. The number of primary amides is 1. The molecule has 5 heteroatoms. The van der Waals surface area contributed by atoms with Gasteiger partial charge in [0.05, 0.1) is 6.42 Å². The zero-order valence-corrected chi connectivity index (χ0v) is 8.39. The van der Waals surface area contributed by atoms with E-state index in [0.29, 0.717) is 15.3 Å². The first-order chi connectivity index (χ1) is 5.59. The number of pyridine rings is 1. The second-order valence-electron chi connectivity index (χ2n) is 2.23. The monoisotopic (exact) mass is 248 g/mol. The summed E-state index contributed by atoms with van der Waals surface area (Å²) >= 11 is 8.88. The second kappa shape index (κ2) is 3.87. The minimum Gasteiger partial charge on any atom is -0.369 e. The topological polar surface area (TPSA) is 56.0 Å². The van der Waals surface area contributed by atoms with E-state index < -0.39 is 5.91 Å². The predicted molar refractivity (Wildman–Crippen MR) is 49.8 cm³/mol. The van der Waals surface area contributed by atoms with Gasteiger partial charge in [0.1, 0.15) is 9.76 Å². The van der Waals surface area contributed by atoms with E-state index in [4.69, 9.17) is 17.3 Å². The fraction of sp³-hybridized carbons (Fsp3) is 0.143. The van der Waals surface area contributed by atoms with Crippen molar-refractivity contribution in [2.24, 2.45) is 5.73 Å². The molecule has 0 fully saturated rings. The smallest absolute Gasteiger partial charge is 0.221 e. The molecule has 0 saturated heterocycles. The van der Waals surface area contributed by atoms with Crippen LogP contribution in [0.2, 0.25) is 5.15 Å². The van der Waals surface area contributed by atoms with E-state index in [2.05, 4.69) is 20.9 Å². The molecule has 1 aromatic heterocycles. The maximum atomic E-state index is 10.5. The Hall–Kier alpha value is -0.610. The van der Waals surface area contributed by atoms with Gasteiger partial charge in [0, 0.05) is 0 Å². The summed E-state index contributed by atoms with van der Waals surface area (Å²) in [5, 5.41) is 0.308. The van der Waals surface area contributed by atoms with Gasteiger partial charge in [-0.25, -0.2) is 4.98 Å². The van der Waals surface area contributed by atoms with Crippen molar-refractivity contribution in [1.82, 2.24) is 4.98 Å². The molecule has 64 valence electrons. The van der Waals surface area contributed by atoms with Crippen molar-refractivity contribution >= 4 is 33.4 Å².